The van der Waals surface area contributed by atoms with Crippen molar-refractivity contribution in [3.05, 3.63) is 46.4 Å². The van der Waals surface area contributed by atoms with Crippen LogP contribution in [0.4, 0.5) is 5.69 Å². The maximum atomic E-state index is 12.2. The third-order valence-electron chi connectivity index (χ3n) is 3.28. The number of carboxylic acids is 1. The molecule has 1 heterocycles. The van der Waals surface area contributed by atoms with Gasteiger partial charge in [0, 0.05) is 5.56 Å². The topological polar surface area (TPSA) is 99.8 Å². The lowest BCUT2D eigenvalue weighted by Crippen LogP contribution is -2.14. The highest BCUT2D eigenvalue weighted by atomic mass is 16.4. The van der Waals surface area contributed by atoms with Gasteiger partial charge in [-0.25, -0.2) is 4.79 Å². The lowest BCUT2D eigenvalue weighted by Gasteiger charge is -2.08. The van der Waals surface area contributed by atoms with Gasteiger partial charge in [0.15, 0.2) is 0 Å². The lowest BCUT2D eigenvalue weighted by atomic mass is 10.1. The number of anilines is 1. The predicted octanol–water partition coefficient (Wildman–Crippen LogP) is 2.86. The minimum absolute atomic E-state index is 0.0583. The van der Waals surface area contributed by atoms with Gasteiger partial charge in [-0.3, -0.25) is 4.79 Å². The number of phenols is 1. The van der Waals surface area contributed by atoms with Crippen molar-refractivity contribution >= 4 is 17.6 Å². The van der Waals surface area contributed by atoms with Gasteiger partial charge in [0.1, 0.15) is 17.3 Å². The average molecular weight is 289 g/mol. The highest BCUT2D eigenvalue weighted by Crippen LogP contribution is 2.27. The summed E-state index contributed by atoms with van der Waals surface area (Å²) in [6, 6.07) is 3.73. The molecule has 0 radical (unpaired) electrons. The first-order valence-corrected chi connectivity index (χ1v) is 6.25. The molecule has 0 atom stereocenters. The van der Waals surface area contributed by atoms with Crippen molar-refractivity contribution in [2.75, 3.05) is 5.32 Å². The van der Waals surface area contributed by atoms with E-state index in [9.17, 15) is 14.7 Å². The maximum absolute atomic E-state index is 12.2. The third kappa shape index (κ3) is 2.74. The van der Waals surface area contributed by atoms with Gasteiger partial charge in [-0.15, -0.1) is 0 Å². The molecule has 0 aliphatic rings. The van der Waals surface area contributed by atoms with Crippen molar-refractivity contribution in [2.45, 2.75) is 20.8 Å². The fourth-order valence-corrected chi connectivity index (χ4v) is 2.08. The van der Waals surface area contributed by atoms with Crippen LogP contribution in [0.3, 0.4) is 0 Å². The van der Waals surface area contributed by atoms with Gasteiger partial charge in [0.25, 0.3) is 5.91 Å². The van der Waals surface area contributed by atoms with Crippen molar-refractivity contribution in [1.82, 2.24) is 0 Å². The van der Waals surface area contributed by atoms with Gasteiger partial charge in [0.2, 0.25) is 0 Å². The van der Waals surface area contributed by atoms with Gasteiger partial charge in [-0.05, 0) is 39.0 Å². The highest BCUT2D eigenvalue weighted by Gasteiger charge is 2.19. The molecule has 21 heavy (non-hydrogen) atoms. The van der Waals surface area contributed by atoms with E-state index in [1.165, 1.54) is 12.1 Å². The van der Waals surface area contributed by atoms with E-state index < -0.39 is 11.9 Å². The van der Waals surface area contributed by atoms with Crippen molar-refractivity contribution < 1.29 is 24.2 Å². The van der Waals surface area contributed by atoms with Crippen molar-refractivity contribution in [2.24, 2.45) is 0 Å². The number of hydrogen-bond acceptors (Lipinski definition) is 4. The molecule has 0 saturated heterocycles. The van der Waals surface area contributed by atoms with Crippen LogP contribution in [0.2, 0.25) is 0 Å². The van der Waals surface area contributed by atoms with Gasteiger partial charge >= 0.3 is 5.97 Å². The first kappa shape index (κ1) is 14.6. The van der Waals surface area contributed by atoms with Crippen LogP contribution in [-0.2, 0) is 0 Å². The molecule has 2 aromatic rings. The second kappa shape index (κ2) is 5.32. The zero-order valence-electron chi connectivity index (χ0n) is 11.9. The van der Waals surface area contributed by atoms with Crippen LogP contribution >= 0.6 is 0 Å². The normalized spacial score (nSPS) is 10.4. The molecule has 0 saturated carbocycles. The van der Waals surface area contributed by atoms with Crippen LogP contribution in [0.1, 0.15) is 37.8 Å². The molecular formula is C15H15NO5. The largest absolute Gasteiger partial charge is 0.506 e. The van der Waals surface area contributed by atoms with E-state index in [1.807, 2.05) is 0 Å². The molecule has 0 aliphatic heterocycles. The summed E-state index contributed by atoms with van der Waals surface area (Å²) in [5.41, 5.74) is 1.22. The minimum atomic E-state index is -1.15. The number of amides is 1. The molecule has 1 amide bonds. The summed E-state index contributed by atoms with van der Waals surface area (Å²) in [7, 11) is 0. The molecule has 0 aliphatic carbocycles. The Bertz CT molecular complexity index is 730. The predicted molar refractivity (Wildman–Crippen MR) is 75.9 cm³/mol. The lowest BCUT2D eigenvalue weighted by molar-refractivity contribution is 0.0696. The van der Waals surface area contributed by atoms with Crippen LogP contribution < -0.4 is 5.32 Å². The number of aromatic carboxylic acids is 1. The van der Waals surface area contributed by atoms with Crippen LogP contribution in [0.15, 0.2) is 22.6 Å². The fourth-order valence-electron chi connectivity index (χ4n) is 2.08. The van der Waals surface area contributed by atoms with Crippen LogP contribution in [0, 0.1) is 20.8 Å². The van der Waals surface area contributed by atoms with E-state index in [4.69, 9.17) is 9.52 Å². The number of rotatable bonds is 3. The van der Waals surface area contributed by atoms with Crippen molar-refractivity contribution in [3.8, 4) is 5.75 Å². The standard InChI is InChI=1S/C15H15NO5/c1-7-8(2)21-9(3)13(7)14(18)16-11-5-4-10(15(19)20)6-12(11)17/h4-6,17H,1-3H3,(H,16,18)(H,19,20). The smallest absolute Gasteiger partial charge is 0.335 e. The number of hydrogen-bond donors (Lipinski definition) is 3. The minimum Gasteiger partial charge on any atom is -0.506 e. The fraction of sp³-hybridized carbons (Fsp3) is 0.200. The molecule has 110 valence electrons. The molecule has 6 nitrogen and oxygen atoms in total. The number of aromatic hydroxyl groups is 1. The van der Waals surface area contributed by atoms with Crippen LogP contribution in [0.25, 0.3) is 0 Å². The molecule has 2 rings (SSSR count). The number of benzene rings is 1. The van der Waals surface area contributed by atoms with Gasteiger partial charge in [-0.2, -0.15) is 0 Å². The SMILES string of the molecule is Cc1oc(C)c(C(=O)Nc2ccc(C(=O)O)cc2O)c1C. The molecule has 0 spiro atoms. The Hall–Kier alpha value is -2.76. The van der Waals surface area contributed by atoms with Crippen LogP contribution in [0.5, 0.6) is 5.75 Å². The van der Waals surface area contributed by atoms with E-state index in [0.29, 0.717) is 17.1 Å². The Morgan fingerprint density at radius 2 is 1.81 bits per heavy atom. The third-order valence-corrected chi connectivity index (χ3v) is 3.28. The zero-order chi connectivity index (χ0) is 15.7. The average Bonchev–Trinajstić information content (AvgIpc) is 2.65. The molecule has 1 aromatic carbocycles. The maximum Gasteiger partial charge on any atom is 0.335 e. The molecule has 0 unspecified atom stereocenters. The second-order valence-electron chi connectivity index (χ2n) is 4.71. The number of aryl methyl sites for hydroxylation is 2. The molecule has 3 N–H and O–H groups in total. The van der Waals surface area contributed by atoms with Crippen molar-refractivity contribution in [3.63, 3.8) is 0 Å². The number of furan rings is 1. The summed E-state index contributed by atoms with van der Waals surface area (Å²) in [4.78, 5) is 23.0. The molecule has 0 fully saturated rings. The zero-order valence-corrected chi connectivity index (χ0v) is 11.9. The monoisotopic (exact) mass is 289 g/mol. The molecule has 0 bridgehead atoms. The molecule has 1 aromatic heterocycles. The Balaban J connectivity index is 2.30. The summed E-state index contributed by atoms with van der Waals surface area (Å²) in [6.45, 7) is 5.22. The van der Waals surface area contributed by atoms with Crippen LogP contribution in [-0.4, -0.2) is 22.1 Å². The van der Waals surface area contributed by atoms with E-state index in [2.05, 4.69) is 5.32 Å². The summed E-state index contributed by atoms with van der Waals surface area (Å²) < 4.78 is 5.38. The number of carbonyl (C=O) groups excluding carboxylic acids is 1. The van der Waals surface area contributed by atoms with E-state index in [-0.39, 0.29) is 17.0 Å². The van der Waals surface area contributed by atoms with Crippen molar-refractivity contribution in [1.29, 1.82) is 0 Å². The summed E-state index contributed by atoms with van der Waals surface area (Å²) in [6.07, 6.45) is 0. The first-order chi connectivity index (χ1) is 9.81. The summed E-state index contributed by atoms with van der Waals surface area (Å²) >= 11 is 0. The van der Waals surface area contributed by atoms with E-state index >= 15 is 0 Å². The molecule has 6 heteroatoms. The Kier molecular flexibility index (Phi) is 3.71. The Morgan fingerprint density at radius 1 is 1.14 bits per heavy atom. The summed E-state index contributed by atoms with van der Waals surface area (Å²) in [5.74, 6) is -0.730. The number of nitrogens with one attached hydrogen (secondary N) is 1. The Labute approximate surface area is 121 Å². The summed E-state index contributed by atoms with van der Waals surface area (Å²) in [5, 5.41) is 21.1. The number of carboxylic acid groups (broad SMARTS) is 1. The van der Waals surface area contributed by atoms with Gasteiger partial charge in [0.05, 0.1) is 16.8 Å². The highest BCUT2D eigenvalue weighted by molar-refractivity contribution is 6.07. The molecular weight excluding hydrogens is 274 g/mol. The number of carbonyl (C=O) groups is 2. The number of phenolic OH excluding ortho intramolecular Hbond substituents is 1. The quantitative estimate of drug-likeness (QED) is 0.754. The van der Waals surface area contributed by atoms with E-state index in [1.54, 1.807) is 20.8 Å². The first-order valence-electron chi connectivity index (χ1n) is 6.25. The second-order valence-corrected chi connectivity index (χ2v) is 4.71. The van der Waals surface area contributed by atoms with E-state index in [0.717, 1.165) is 11.6 Å². The van der Waals surface area contributed by atoms with Gasteiger partial charge in [-0.1, -0.05) is 0 Å². The van der Waals surface area contributed by atoms with Gasteiger partial charge < -0.3 is 19.9 Å². The Morgan fingerprint density at radius 3 is 2.29 bits per heavy atom.